The van der Waals surface area contributed by atoms with Gasteiger partial charge < -0.3 is 5.73 Å². The monoisotopic (exact) mass is 230 g/mol. The van der Waals surface area contributed by atoms with Crippen molar-refractivity contribution in [3.8, 4) is 12.3 Å². The number of terminal acetylenes is 1. The molecule has 1 aromatic carbocycles. The van der Waals surface area contributed by atoms with E-state index in [4.69, 9.17) is 12.2 Å². The highest BCUT2D eigenvalue weighted by molar-refractivity contribution is 5.16. The zero-order valence-electron chi connectivity index (χ0n) is 10.5. The number of nitrogens with one attached hydrogen (secondary N) is 1. The lowest BCUT2D eigenvalue weighted by Crippen LogP contribution is -2.43. The van der Waals surface area contributed by atoms with Crippen LogP contribution in [0.25, 0.3) is 0 Å². The minimum Gasteiger partial charge on any atom is -0.329 e. The van der Waals surface area contributed by atoms with Crippen molar-refractivity contribution < 1.29 is 0 Å². The van der Waals surface area contributed by atoms with Crippen LogP contribution in [0, 0.1) is 12.3 Å². The standard InChI is InChI=1S/C15H22N2/c1-3-8-14(4-2)17-15(12-16)11-13-9-6-5-7-10-13/h2,5-7,9-10,14-15,17H,3,8,11-12,16H2,1H3. The maximum atomic E-state index is 5.79. The SMILES string of the molecule is C#CC(CCC)NC(CN)Cc1ccccc1. The van der Waals surface area contributed by atoms with Gasteiger partial charge in [0.15, 0.2) is 0 Å². The molecule has 0 amide bonds. The third-order valence-electron chi connectivity index (χ3n) is 2.82. The Balaban J connectivity index is 2.51. The second kappa shape index (κ2) is 7.89. The second-order valence-electron chi connectivity index (χ2n) is 4.30. The summed E-state index contributed by atoms with van der Waals surface area (Å²) in [4.78, 5) is 0. The molecular formula is C15H22N2. The number of nitrogens with two attached hydrogens (primary N) is 1. The van der Waals surface area contributed by atoms with Crippen molar-refractivity contribution in [2.24, 2.45) is 5.73 Å². The smallest absolute Gasteiger partial charge is 0.0689 e. The van der Waals surface area contributed by atoms with E-state index < -0.39 is 0 Å². The molecule has 0 aliphatic rings. The van der Waals surface area contributed by atoms with Crippen LogP contribution >= 0.6 is 0 Å². The molecule has 2 heteroatoms. The van der Waals surface area contributed by atoms with E-state index in [1.807, 2.05) is 18.2 Å². The molecule has 0 aliphatic heterocycles. The Kier molecular flexibility index (Phi) is 6.39. The highest BCUT2D eigenvalue weighted by atomic mass is 15.0. The summed E-state index contributed by atoms with van der Waals surface area (Å²) in [5.41, 5.74) is 7.08. The lowest BCUT2D eigenvalue weighted by atomic mass is 10.0. The van der Waals surface area contributed by atoms with E-state index in [0.29, 0.717) is 6.54 Å². The van der Waals surface area contributed by atoms with Gasteiger partial charge in [-0.25, -0.2) is 0 Å². The minimum absolute atomic E-state index is 0.136. The van der Waals surface area contributed by atoms with Gasteiger partial charge in [0.05, 0.1) is 6.04 Å². The third kappa shape index (κ3) is 5.04. The molecule has 2 atom stereocenters. The number of hydrogen-bond acceptors (Lipinski definition) is 2. The van der Waals surface area contributed by atoms with Crippen LogP contribution < -0.4 is 11.1 Å². The first-order valence-electron chi connectivity index (χ1n) is 6.26. The molecule has 2 nitrogen and oxygen atoms in total. The quantitative estimate of drug-likeness (QED) is 0.703. The van der Waals surface area contributed by atoms with Gasteiger partial charge >= 0.3 is 0 Å². The maximum absolute atomic E-state index is 5.79. The van der Waals surface area contributed by atoms with E-state index >= 15 is 0 Å². The summed E-state index contributed by atoms with van der Waals surface area (Å²) in [7, 11) is 0. The predicted molar refractivity (Wildman–Crippen MR) is 73.7 cm³/mol. The molecule has 0 aromatic heterocycles. The van der Waals surface area contributed by atoms with Gasteiger partial charge in [-0.1, -0.05) is 49.6 Å². The fraction of sp³-hybridized carbons (Fsp3) is 0.467. The Hall–Kier alpha value is -1.30. The van der Waals surface area contributed by atoms with E-state index in [1.165, 1.54) is 5.56 Å². The Morgan fingerprint density at radius 1 is 1.35 bits per heavy atom. The van der Waals surface area contributed by atoms with Crippen LogP contribution in [0.15, 0.2) is 30.3 Å². The van der Waals surface area contributed by atoms with Gasteiger partial charge in [0.2, 0.25) is 0 Å². The molecule has 0 heterocycles. The largest absolute Gasteiger partial charge is 0.329 e. The van der Waals surface area contributed by atoms with Crippen LogP contribution in [0.1, 0.15) is 25.3 Å². The Bertz CT molecular complexity index is 340. The number of benzene rings is 1. The lowest BCUT2D eigenvalue weighted by Gasteiger charge is -2.21. The fourth-order valence-corrected chi connectivity index (χ4v) is 1.90. The van der Waals surface area contributed by atoms with Gasteiger partial charge in [0.25, 0.3) is 0 Å². The summed E-state index contributed by atoms with van der Waals surface area (Å²) in [6.45, 7) is 2.75. The Morgan fingerprint density at radius 3 is 2.59 bits per heavy atom. The van der Waals surface area contributed by atoms with Gasteiger partial charge in [-0.15, -0.1) is 6.42 Å². The predicted octanol–water partition coefficient (Wildman–Crippen LogP) is 1.95. The van der Waals surface area contributed by atoms with Gasteiger partial charge in [0, 0.05) is 12.6 Å². The first-order valence-corrected chi connectivity index (χ1v) is 6.26. The van der Waals surface area contributed by atoms with Gasteiger partial charge in [-0.2, -0.15) is 0 Å². The van der Waals surface area contributed by atoms with Crippen LogP contribution in [0.4, 0.5) is 0 Å². The van der Waals surface area contributed by atoms with E-state index in [0.717, 1.165) is 19.3 Å². The zero-order valence-corrected chi connectivity index (χ0v) is 10.5. The highest BCUT2D eigenvalue weighted by Gasteiger charge is 2.11. The zero-order chi connectivity index (χ0) is 12.5. The molecular weight excluding hydrogens is 208 g/mol. The van der Waals surface area contributed by atoms with Gasteiger partial charge in [-0.05, 0) is 18.4 Å². The van der Waals surface area contributed by atoms with Gasteiger partial charge in [0.1, 0.15) is 0 Å². The van der Waals surface area contributed by atoms with Crippen LogP contribution in [0.2, 0.25) is 0 Å². The normalized spacial score (nSPS) is 13.9. The molecule has 0 saturated heterocycles. The molecule has 1 rings (SSSR count). The minimum atomic E-state index is 0.136. The van der Waals surface area contributed by atoms with Crippen molar-refractivity contribution in [1.29, 1.82) is 0 Å². The average Bonchev–Trinajstić information content (AvgIpc) is 2.38. The first-order chi connectivity index (χ1) is 8.30. The Morgan fingerprint density at radius 2 is 2.06 bits per heavy atom. The average molecular weight is 230 g/mol. The summed E-state index contributed by atoms with van der Waals surface area (Å²) in [6, 6.07) is 10.8. The number of rotatable bonds is 7. The summed E-state index contributed by atoms with van der Waals surface area (Å²) in [5, 5.41) is 3.44. The maximum Gasteiger partial charge on any atom is 0.0689 e. The third-order valence-corrected chi connectivity index (χ3v) is 2.82. The summed E-state index contributed by atoms with van der Waals surface area (Å²) < 4.78 is 0. The van der Waals surface area contributed by atoms with Gasteiger partial charge in [-0.3, -0.25) is 5.32 Å². The summed E-state index contributed by atoms with van der Waals surface area (Å²) >= 11 is 0. The van der Waals surface area contributed by atoms with E-state index in [-0.39, 0.29) is 12.1 Å². The van der Waals surface area contributed by atoms with Crippen LogP contribution in [0.5, 0.6) is 0 Å². The topological polar surface area (TPSA) is 38.0 Å². The van der Waals surface area contributed by atoms with Crippen molar-refractivity contribution in [3.05, 3.63) is 35.9 Å². The van der Waals surface area contributed by atoms with Crippen molar-refractivity contribution in [2.75, 3.05) is 6.54 Å². The van der Waals surface area contributed by atoms with Crippen LogP contribution in [0.3, 0.4) is 0 Å². The second-order valence-corrected chi connectivity index (χ2v) is 4.30. The molecule has 0 radical (unpaired) electrons. The highest BCUT2D eigenvalue weighted by Crippen LogP contribution is 2.04. The van der Waals surface area contributed by atoms with Crippen LogP contribution in [-0.2, 0) is 6.42 Å². The molecule has 17 heavy (non-hydrogen) atoms. The van der Waals surface area contributed by atoms with Crippen molar-refractivity contribution in [1.82, 2.24) is 5.32 Å². The summed E-state index contributed by atoms with van der Waals surface area (Å²) in [5.74, 6) is 2.79. The molecule has 0 saturated carbocycles. The molecule has 3 N–H and O–H groups in total. The summed E-state index contributed by atoms with van der Waals surface area (Å²) in [6.07, 6.45) is 8.52. The van der Waals surface area contributed by atoms with E-state index in [1.54, 1.807) is 0 Å². The van der Waals surface area contributed by atoms with Crippen molar-refractivity contribution in [2.45, 2.75) is 38.3 Å². The first kappa shape index (κ1) is 13.8. The molecule has 92 valence electrons. The van der Waals surface area contributed by atoms with Crippen LogP contribution in [-0.4, -0.2) is 18.6 Å². The molecule has 0 aliphatic carbocycles. The Labute approximate surface area is 105 Å². The molecule has 0 fully saturated rings. The molecule has 0 spiro atoms. The molecule has 0 bridgehead atoms. The lowest BCUT2D eigenvalue weighted by molar-refractivity contribution is 0.460. The fourth-order valence-electron chi connectivity index (χ4n) is 1.90. The van der Waals surface area contributed by atoms with E-state index in [2.05, 4.69) is 30.3 Å². The molecule has 2 unspecified atom stereocenters. The number of hydrogen-bond donors (Lipinski definition) is 2. The molecule has 1 aromatic rings. The van der Waals surface area contributed by atoms with Crippen molar-refractivity contribution in [3.63, 3.8) is 0 Å². The van der Waals surface area contributed by atoms with E-state index in [9.17, 15) is 0 Å². The van der Waals surface area contributed by atoms with Crippen molar-refractivity contribution >= 4 is 0 Å².